The van der Waals surface area contributed by atoms with Crippen LogP contribution in [0.2, 0.25) is 0 Å². The van der Waals surface area contributed by atoms with Crippen molar-refractivity contribution in [2.24, 2.45) is 0 Å². The summed E-state index contributed by atoms with van der Waals surface area (Å²) in [6.07, 6.45) is 0. The predicted octanol–water partition coefficient (Wildman–Crippen LogP) is 2.54. The van der Waals surface area contributed by atoms with Gasteiger partial charge in [0.2, 0.25) is 0 Å². The van der Waals surface area contributed by atoms with Gasteiger partial charge >= 0.3 is 0 Å². The maximum absolute atomic E-state index is 5.25. The molecule has 0 aromatic heterocycles. The van der Waals surface area contributed by atoms with E-state index in [-0.39, 0.29) is 0 Å². The van der Waals surface area contributed by atoms with E-state index in [9.17, 15) is 0 Å². The molecule has 0 saturated carbocycles. The fourth-order valence-electron chi connectivity index (χ4n) is 0.0292. The standard InChI is InChI=1S/C3H3Cl3/c4-1-3(6)2-5/h1H,2H2. The van der Waals surface area contributed by atoms with E-state index in [2.05, 4.69) is 0 Å². The first-order valence-electron chi connectivity index (χ1n) is 1.32. The Morgan fingerprint density at radius 3 is 2.17 bits per heavy atom. The Morgan fingerprint density at radius 1 is 1.67 bits per heavy atom. The van der Waals surface area contributed by atoms with Gasteiger partial charge in [-0.15, -0.1) is 11.6 Å². The maximum atomic E-state index is 5.25. The van der Waals surface area contributed by atoms with Crippen molar-refractivity contribution in [3.8, 4) is 0 Å². The zero-order valence-electron chi connectivity index (χ0n) is 2.92. The summed E-state index contributed by atoms with van der Waals surface area (Å²) in [6, 6.07) is 0. The molecule has 0 aliphatic heterocycles. The van der Waals surface area contributed by atoms with Crippen molar-refractivity contribution >= 4 is 34.8 Å². The number of hydrogen-bond donors (Lipinski definition) is 0. The van der Waals surface area contributed by atoms with Crippen LogP contribution in [0.25, 0.3) is 0 Å². The van der Waals surface area contributed by atoms with E-state index in [0.29, 0.717) is 10.9 Å². The largest absolute Gasteiger partial charge is 0.121 e. The van der Waals surface area contributed by atoms with E-state index in [0.717, 1.165) is 0 Å². The van der Waals surface area contributed by atoms with Gasteiger partial charge in [-0.3, -0.25) is 0 Å². The zero-order valence-corrected chi connectivity index (χ0v) is 5.19. The highest BCUT2D eigenvalue weighted by molar-refractivity contribution is 6.40. The van der Waals surface area contributed by atoms with E-state index >= 15 is 0 Å². The second kappa shape index (κ2) is 3.79. The van der Waals surface area contributed by atoms with Crippen molar-refractivity contribution in [1.82, 2.24) is 0 Å². The Kier molecular flexibility index (Phi) is 4.17. The highest BCUT2D eigenvalue weighted by Crippen LogP contribution is 2.03. The van der Waals surface area contributed by atoms with E-state index in [1.165, 1.54) is 5.54 Å². The molecule has 0 atom stereocenters. The molecule has 6 heavy (non-hydrogen) atoms. The molecule has 0 amide bonds. The van der Waals surface area contributed by atoms with Gasteiger partial charge in [0.05, 0.1) is 5.88 Å². The van der Waals surface area contributed by atoms with Crippen LogP contribution in [-0.4, -0.2) is 5.88 Å². The summed E-state index contributed by atoms with van der Waals surface area (Å²) in [7, 11) is 0. The lowest BCUT2D eigenvalue weighted by Crippen LogP contribution is -1.64. The van der Waals surface area contributed by atoms with E-state index in [1.807, 2.05) is 0 Å². The van der Waals surface area contributed by atoms with Crippen molar-refractivity contribution in [3.05, 3.63) is 10.6 Å². The van der Waals surface area contributed by atoms with Gasteiger partial charge in [-0.2, -0.15) is 0 Å². The molecule has 0 heterocycles. The van der Waals surface area contributed by atoms with Crippen molar-refractivity contribution < 1.29 is 0 Å². The van der Waals surface area contributed by atoms with Crippen LogP contribution in [0.1, 0.15) is 0 Å². The maximum Gasteiger partial charge on any atom is 0.0590 e. The van der Waals surface area contributed by atoms with Gasteiger partial charge < -0.3 is 0 Å². The molecule has 0 aromatic carbocycles. The molecular formula is C3H3Cl3. The topological polar surface area (TPSA) is 0 Å². The number of alkyl halides is 1. The minimum atomic E-state index is 0.297. The van der Waals surface area contributed by atoms with Gasteiger partial charge in [0.15, 0.2) is 0 Å². The average Bonchev–Trinajstić information content (AvgIpc) is 1.65. The Balaban J connectivity index is 3.22. The summed E-state index contributed by atoms with van der Waals surface area (Å²) in [5.74, 6) is 0.297. The molecule has 0 rings (SSSR count). The lowest BCUT2D eigenvalue weighted by molar-refractivity contribution is 1.71. The fourth-order valence-corrected chi connectivity index (χ4v) is 0.262. The molecule has 0 spiro atoms. The molecule has 0 aromatic rings. The third-order valence-electron chi connectivity index (χ3n) is 0.246. The molecule has 0 bridgehead atoms. The first kappa shape index (κ1) is 6.61. The Hall–Kier alpha value is 0.610. The van der Waals surface area contributed by atoms with Crippen LogP contribution >= 0.6 is 34.8 Å². The van der Waals surface area contributed by atoms with Crippen LogP contribution in [0, 0.1) is 0 Å². The molecule has 0 aliphatic carbocycles. The van der Waals surface area contributed by atoms with Gasteiger partial charge in [-0.25, -0.2) is 0 Å². The Labute approximate surface area is 51.7 Å². The van der Waals surface area contributed by atoms with Gasteiger partial charge in [0, 0.05) is 10.6 Å². The monoisotopic (exact) mass is 144 g/mol. The highest BCUT2D eigenvalue weighted by Gasteiger charge is 1.80. The van der Waals surface area contributed by atoms with E-state index in [1.54, 1.807) is 0 Å². The summed E-state index contributed by atoms with van der Waals surface area (Å²) in [4.78, 5) is 0. The first-order chi connectivity index (χ1) is 2.81. The van der Waals surface area contributed by atoms with Crippen LogP contribution in [0.3, 0.4) is 0 Å². The Bertz CT molecular complexity index is 57.1. The van der Waals surface area contributed by atoms with Crippen LogP contribution in [0.15, 0.2) is 10.6 Å². The minimum absolute atomic E-state index is 0.297. The molecule has 0 N–H and O–H groups in total. The molecule has 36 valence electrons. The average molecular weight is 145 g/mol. The van der Waals surface area contributed by atoms with Crippen molar-refractivity contribution in [1.29, 1.82) is 0 Å². The molecular weight excluding hydrogens is 142 g/mol. The quantitative estimate of drug-likeness (QED) is 0.498. The second-order valence-electron chi connectivity index (χ2n) is 0.690. The predicted molar refractivity (Wildman–Crippen MR) is 30.5 cm³/mol. The van der Waals surface area contributed by atoms with Crippen LogP contribution in [0.5, 0.6) is 0 Å². The molecule has 0 saturated heterocycles. The second-order valence-corrected chi connectivity index (χ2v) is 1.66. The summed E-state index contributed by atoms with van der Waals surface area (Å²) in [5.41, 5.74) is 1.24. The van der Waals surface area contributed by atoms with E-state index in [4.69, 9.17) is 34.8 Å². The van der Waals surface area contributed by atoms with Gasteiger partial charge in [0.1, 0.15) is 0 Å². The normalized spacial score (nSPS) is 12.2. The fraction of sp³-hybridized carbons (Fsp3) is 0.333. The molecule has 0 radical (unpaired) electrons. The smallest absolute Gasteiger partial charge is 0.0590 e. The van der Waals surface area contributed by atoms with Crippen molar-refractivity contribution in [2.45, 2.75) is 0 Å². The Morgan fingerprint density at radius 2 is 2.17 bits per heavy atom. The molecule has 0 unspecified atom stereocenters. The van der Waals surface area contributed by atoms with E-state index < -0.39 is 0 Å². The summed E-state index contributed by atoms with van der Waals surface area (Å²) in [5, 5.41) is 0.471. The third kappa shape index (κ3) is 2.83. The lowest BCUT2D eigenvalue weighted by atomic mass is 10.7. The summed E-state index contributed by atoms with van der Waals surface area (Å²) in [6.45, 7) is 0. The number of hydrogen-bond acceptors (Lipinski definition) is 0. The summed E-state index contributed by atoms with van der Waals surface area (Å²) >= 11 is 15.5. The zero-order chi connectivity index (χ0) is 4.99. The SMILES string of the molecule is ClC=C(Cl)CCl. The molecule has 0 aliphatic rings. The summed E-state index contributed by atoms with van der Waals surface area (Å²) < 4.78 is 0. The van der Waals surface area contributed by atoms with Crippen LogP contribution in [-0.2, 0) is 0 Å². The number of rotatable bonds is 1. The number of allylic oxidation sites excluding steroid dienone is 1. The van der Waals surface area contributed by atoms with Gasteiger partial charge in [-0.1, -0.05) is 23.2 Å². The molecule has 0 nitrogen and oxygen atoms in total. The van der Waals surface area contributed by atoms with Crippen LogP contribution < -0.4 is 0 Å². The minimum Gasteiger partial charge on any atom is -0.121 e. The first-order valence-corrected chi connectivity index (χ1v) is 2.67. The molecule has 0 fully saturated rings. The van der Waals surface area contributed by atoms with Crippen molar-refractivity contribution in [2.75, 3.05) is 5.88 Å². The molecule has 3 heteroatoms. The van der Waals surface area contributed by atoms with Crippen molar-refractivity contribution in [3.63, 3.8) is 0 Å². The number of halogens is 3. The lowest BCUT2D eigenvalue weighted by Gasteiger charge is -1.78. The van der Waals surface area contributed by atoms with Crippen LogP contribution in [0.4, 0.5) is 0 Å². The third-order valence-corrected chi connectivity index (χ3v) is 1.29. The van der Waals surface area contributed by atoms with Gasteiger partial charge in [0.25, 0.3) is 0 Å². The van der Waals surface area contributed by atoms with Gasteiger partial charge in [-0.05, 0) is 0 Å². The highest BCUT2D eigenvalue weighted by atomic mass is 35.5.